The molecular formula is C35H31F2NO2. The van der Waals surface area contributed by atoms with E-state index in [1.807, 2.05) is 84.9 Å². The van der Waals surface area contributed by atoms with Crippen LogP contribution in [-0.4, -0.2) is 29.2 Å². The summed E-state index contributed by atoms with van der Waals surface area (Å²) in [6, 6.07) is 33.9. The lowest BCUT2D eigenvalue weighted by molar-refractivity contribution is -0.131. The van der Waals surface area contributed by atoms with Gasteiger partial charge in [0, 0.05) is 36.6 Å². The van der Waals surface area contributed by atoms with Crippen LogP contribution in [0.4, 0.5) is 8.78 Å². The molecule has 5 heteroatoms. The number of halogens is 2. The van der Waals surface area contributed by atoms with Crippen molar-refractivity contribution in [1.82, 2.24) is 4.90 Å². The minimum atomic E-state index is -1.72. The van der Waals surface area contributed by atoms with Crippen LogP contribution in [-0.2, 0) is 4.79 Å². The van der Waals surface area contributed by atoms with E-state index in [-0.39, 0.29) is 42.6 Å². The van der Waals surface area contributed by atoms with Crippen LogP contribution in [0.3, 0.4) is 0 Å². The number of likely N-dealkylation sites (tertiary alicyclic amines) is 1. The van der Waals surface area contributed by atoms with Crippen molar-refractivity contribution >= 4 is 17.3 Å². The molecule has 40 heavy (non-hydrogen) atoms. The lowest BCUT2D eigenvalue weighted by atomic mass is 9.95. The van der Waals surface area contributed by atoms with Crippen LogP contribution in [0.25, 0.3) is 27.8 Å². The third-order valence-electron chi connectivity index (χ3n) is 7.59. The molecule has 0 radical (unpaired) electrons. The van der Waals surface area contributed by atoms with Gasteiger partial charge in [-0.2, -0.15) is 8.78 Å². The van der Waals surface area contributed by atoms with E-state index in [9.17, 15) is 18.4 Å². The molecule has 5 rings (SSSR count). The fourth-order valence-electron chi connectivity index (χ4n) is 5.40. The maximum Gasteiger partial charge on any atom is 0.274 e. The van der Waals surface area contributed by atoms with Crippen molar-refractivity contribution in [2.24, 2.45) is 0 Å². The van der Waals surface area contributed by atoms with Crippen LogP contribution in [0.1, 0.15) is 48.0 Å². The van der Waals surface area contributed by atoms with Crippen LogP contribution in [0.2, 0.25) is 0 Å². The minimum Gasteiger partial charge on any atom is -0.339 e. The largest absolute Gasteiger partial charge is 0.339 e. The zero-order valence-corrected chi connectivity index (χ0v) is 22.2. The molecule has 1 amide bonds. The SMILES string of the molecule is O=C(CCC(=O)N1CCC[C@@H]1CC(=C(F)F)c1ccc(-c2ccccc2)cc1)c1ccc(-c2ccccc2)cc1. The Morgan fingerprint density at radius 3 is 1.68 bits per heavy atom. The highest BCUT2D eigenvalue weighted by Crippen LogP contribution is 2.33. The van der Waals surface area contributed by atoms with Crippen LogP contribution < -0.4 is 0 Å². The number of nitrogens with zero attached hydrogens (tertiary/aromatic N) is 1. The van der Waals surface area contributed by atoms with E-state index in [2.05, 4.69) is 0 Å². The first-order valence-corrected chi connectivity index (χ1v) is 13.7. The number of benzene rings is 4. The lowest BCUT2D eigenvalue weighted by Gasteiger charge is -2.25. The van der Waals surface area contributed by atoms with Gasteiger partial charge in [-0.1, -0.05) is 109 Å². The summed E-state index contributed by atoms with van der Waals surface area (Å²) in [5, 5.41) is 0. The van der Waals surface area contributed by atoms with Gasteiger partial charge in [0.05, 0.1) is 0 Å². The van der Waals surface area contributed by atoms with Crippen molar-refractivity contribution in [3.05, 3.63) is 126 Å². The van der Waals surface area contributed by atoms with Crippen LogP contribution in [0.15, 0.2) is 115 Å². The molecule has 1 heterocycles. The second kappa shape index (κ2) is 12.6. The average molecular weight is 536 g/mol. The fourth-order valence-corrected chi connectivity index (χ4v) is 5.40. The van der Waals surface area contributed by atoms with Gasteiger partial charge in [-0.15, -0.1) is 0 Å². The van der Waals surface area contributed by atoms with Crippen LogP contribution in [0, 0.1) is 0 Å². The summed E-state index contributed by atoms with van der Waals surface area (Å²) < 4.78 is 28.2. The first-order chi connectivity index (χ1) is 19.5. The number of rotatable bonds is 9. The third-order valence-corrected chi connectivity index (χ3v) is 7.59. The molecule has 1 aliphatic heterocycles. The van der Waals surface area contributed by atoms with Crippen molar-refractivity contribution < 1.29 is 18.4 Å². The highest BCUT2D eigenvalue weighted by molar-refractivity contribution is 5.98. The van der Waals surface area contributed by atoms with Gasteiger partial charge in [0.25, 0.3) is 6.08 Å². The molecular weight excluding hydrogens is 504 g/mol. The Morgan fingerprint density at radius 2 is 1.15 bits per heavy atom. The molecule has 0 unspecified atom stereocenters. The van der Waals surface area contributed by atoms with Gasteiger partial charge in [-0.05, 0) is 47.1 Å². The van der Waals surface area contributed by atoms with Crippen molar-refractivity contribution in [3.8, 4) is 22.3 Å². The van der Waals surface area contributed by atoms with Gasteiger partial charge in [0.2, 0.25) is 5.91 Å². The molecule has 202 valence electrons. The molecule has 0 spiro atoms. The van der Waals surface area contributed by atoms with E-state index < -0.39 is 6.08 Å². The van der Waals surface area contributed by atoms with Gasteiger partial charge in [-0.25, -0.2) is 0 Å². The van der Waals surface area contributed by atoms with E-state index >= 15 is 0 Å². The zero-order valence-electron chi connectivity index (χ0n) is 22.2. The number of ketones is 1. The molecule has 1 aliphatic rings. The maximum absolute atomic E-state index is 14.1. The van der Waals surface area contributed by atoms with Gasteiger partial charge >= 0.3 is 0 Å². The summed E-state index contributed by atoms with van der Waals surface area (Å²) in [5.74, 6) is -0.257. The highest BCUT2D eigenvalue weighted by Gasteiger charge is 2.30. The summed E-state index contributed by atoms with van der Waals surface area (Å²) in [7, 11) is 0. The first kappa shape index (κ1) is 27.2. The Morgan fingerprint density at radius 1 is 0.650 bits per heavy atom. The number of carbonyl (C=O) groups excluding carboxylic acids is 2. The number of amides is 1. The Bertz CT molecular complexity index is 1480. The highest BCUT2D eigenvalue weighted by atomic mass is 19.3. The van der Waals surface area contributed by atoms with Crippen LogP contribution in [0.5, 0.6) is 0 Å². The smallest absolute Gasteiger partial charge is 0.274 e. The van der Waals surface area contributed by atoms with E-state index in [1.165, 1.54) is 0 Å². The summed E-state index contributed by atoms with van der Waals surface area (Å²) in [4.78, 5) is 27.6. The van der Waals surface area contributed by atoms with Gasteiger partial charge in [0.1, 0.15) is 0 Å². The standard InChI is InChI=1S/C35H31F2NO2/c36-35(37)32(29-17-13-27(14-18-29)25-8-3-1-4-9-25)24-31-12-7-23-38(31)34(40)22-21-33(39)30-19-15-28(16-20-30)26-10-5-2-6-11-26/h1-6,8-11,13-20,31H,7,12,21-24H2/t31-/m1/s1. The van der Waals surface area contributed by atoms with E-state index in [1.54, 1.807) is 29.2 Å². The normalized spacial score (nSPS) is 14.7. The Hall–Kier alpha value is -4.38. The Kier molecular flexibility index (Phi) is 8.60. The molecule has 3 nitrogen and oxygen atoms in total. The summed E-state index contributed by atoms with van der Waals surface area (Å²) >= 11 is 0. The topological polar surface area (TPSA) is 37.4 Å². The van der Waals surface area contributed by atoms with Crippen LogP contribution >= 0.6 is 0 Å². The molecule has 1 fully saturated rings. The van der Waals surface area contributed by atoms with E-state index in [0.29, 0.717) is 24.1 Å². The predicted molar refractivity (Wildman–Crippen MR) is 156 cm³/mol. The number of hydrogen-bond donors (Lipinski definition) is 0. The number of carbonyl (C=O) groups is 2. The molecule has 0 bridgehead atoms. The summed E-state index contributed by atoms with van der Waals surface area (Å²) in [5.41, 5.74) is 5.07. The van der Waals surface area contributed by atoms with Crippen molar-refractivity contribution in [1.29, 1.82) is 0 Å². The van der Waals surface area contributed by atoms with Gasteiger partial charge in [0.15, 0.2) is 5.78 Å². The minimum absolute atomic E-state index is 0.0288. The zero-order chi connectivity index (χ0) is 27.9. The molecule has 4 aromatic carbocycles. The second-order valence-electron chi connectivity index (χ2n) is 10.1. The second-order valence-corrected chi connectivity index (χ2v) is 10.1. The van der Waals surface area contributed by atoms with E-state index in [0.717, 1.165) is 28.7 Å². The molecule has 0 aromatic heterocycles. The van der Waals surface area contributed by atoms with E-state index in [4.69, 9.17) is 0 Å². The Labute approximate surface area is 233 Å². The van der Waals surface area contributed by atoms with Crippen molar-refractivity contribution in [3.63, 3.8) is 0 Å². The molecule has 0 N–H and O–H groups in total. The molecule has 4 aromatic rings. The number of hydrogen-bond acceptors (Lipinski definition) is 2. The number of Topliss-reactive ketones (excluding diaryl/α,β-unsaturated/α-hetero) is 1. The van der Waals surface area contributed by atoms with Crippen molar-refractivity contribution in [2.75, 3.05) is 6.54 Å². The first-order valence-electron chi connectivity index (χ1n) is 13.7. The average Bonchev–Trinajstić information content (AvgIpc) is 3.48. The fraction of sp³-hybridized carbons (Fsp3) is 0.200. The van der Waals surface area contributed by atoms with Gasteiger partial charge in [-0.3, -0.25) is 9.59 Å². The summed E-state index contributed by atoms with van der Waals surface area (Å²) in [6.07, 6.45) is -0.0417. The lowest BCUT2D eigenvalue weighted by Crippen LogP contribution is -2.35. The predicted octanol–water partition coefficient (Wildman–Crippen LogP) is 8.67. The molecule has 0 saturated carbocycles. The monoisotopic (exact) mass is 535 g/mol. The van der Waals surface area contributed by atoms with Crippen molar-refractivity contribution in [2.45, 2.75) is 38.1 Å². The summed E-state index contributed by atoms with van der Waals surface area (Å²) in [6.45, 7) is 0.525. The third kappa shape index (κ3) is 6.42. The quantitative estimate of drug-likeness (QED) is 0.201. The van der Waals surface area contributed by atoms with Gasteiger partial charge < -0.3 is 4.90 Å². The molecule has 1 saturated heterocycles. The maximum atomic E-state index is 14.1. The molecule has 0 aliphatic carbocycles. The molecule has 1 atom stereocenters. The Balaban J connectivity index is 1.20.